The maximum absolute atomic E-state index is 11.3. The van der Waals surface area contributed by atoms with Crippen LogP contribution >= 0.6 is 22.6 Å². The maximum atomic E-state index is 11.3. The highest BCUT2D eigenvalue weighted by Gasteiger charge is 2.42. The third-order valence-electron chi connectivity index (χ3n) is 3.44. The zero-order valence-electron chi connectivity index (χ0n) is 7.29. The van der Waals surface area contributed by atoms with E-state index in [1.54, 1.807) is 0 Å². The standard InChI is InChI=1S/C9H14INO/c1-11-7-4-2-6(3-5-7)8(11)9(10)12/h6-8H,2-5H2,1H3/t6-,7+,8-/m0/s1. The Morgan fingerprint density at radius 1 is 1.33 bits per heavy atom. The lowest BCUT2D eigenvalue weighted by Crippen LogP contribution is -2.55. The Kier molecular flexibility index (Phi) is 2.42. The molecule has 1 aliphatic carbocycles. The van der Waals surface area contributed by atoms with Crippen LogP contribution in [0.15, 0.2) is 0 Å². The van der Waals surface area contributed by atoms with E-state index in [0.29, 0.717) is 15.7 Å². The van der Waals surface area contributed by atoms with Crippen molar-refractivity contribution in [3.63, 3.8) is 0 Å². The molecule has 2 heterocycles. The molecular formula is C9H14INO. The summed E-state index contributed by atoms with van der Waals surface area (Å²) in [5.41, 5.74) is 0. The van der Waals surface area contributed by atoms with Gasteiger partial charge in [0.25, 0.3) is 0 Å². The molecule has 68 valence electrons. The van der Waals surface area contributed by atoms with Crippen molar-refractivity contribution in [1.82, 2.24) is 4.90 Å². The van der Waals surface area contributed by atoms with Crippen molar-refractivity contribution in [2.24, 2.45) is 5.92 Å². The van der Waals surface area contributed by atoms with E-state index in [1.165, 1.54) is 25.7 Å². The largest absolute Gasteiger partial charge is 0.293 e. The molecular weight excluding hydrogens is 265 g/mol. The zero-order valence-corrected chi connectivity index (χ0v) is 9.45. The van der Waals surface area contributed by atoms with E-state index < -0.39 is 0 Å². The fraction of sp³-hybridized carbons (Fsp3) is 0.889. The molecule has 3 heteroatoms. The summed E-state index contributed by atoms with van der Waals surface area (Å²) in [4.78, 5) is 13.6. The van der Waals surface area contributed by atoms with Crippen molar-refractivity contribution in [3.05, 3.63) is 0 Å². The van der Waals surface area contributed by atoms with E-state index in [-0.39, 0.29) is 6.04 Å². The number of nitrogens with zero attached hydrogens (tertiary/aromatic N) is 1. The van der Waals surface area contributed by atoms with Crippen LogP contribution in [0.2, 0.25) is 0 Å². The van der Waals surface area contributed by atoms with E-state index in [4.69, 9.17) is 0 Å². The number of halogens is 1. The molecule has 3 aliphatic rings. The average Bonchev–Trinajstić information content (AvgIpc) is 2.05. The maximum Gasteiger partial charge on any atom is 0.209 e. The molecule has 1 atom stereocenters. The van der Waals surface area contributed by atoms with Crippen LogP contribution in [-0.4, -0.2) is 27.8 Å². The van der Waals surface area contributed by atoms with E-state index >= 15 is 0 Å². The predicted molar refractivity (Wildman–Crippen MR) is 56.3 cm³/mol. The van der Waals surface area contributed by atoms with Gasteiger partial charge >= 0.3 is 0 Å². The predicted octanol–water partition coefficient (Wildman–Crippen LogP) is 1.82. The van der Waals surface area contributed by atoms with Crippen LogP contribution in [0, 0.1) is 5.92 Å². The number of rotatable bonds is 1. The van der Waals surface area contributed by atoms with Gasteiger partial charge in [0.15, 0.2) is 0 Å². The van der Waals surface area contributed by atoms with Crippen LogP contribution in [0.1, 0.15) is 25.7 Å². The third-order valence-corrected chi connectivity index (χ3v) is 4.07. The summed E-state index contributed by atoms with van der Waals surface area (Å²) in [6.07, 6.45) is 5.16. The molecule has 0 amide bonds. The summed E-state index contributed by atoms with van der Waals surface area (Å²) in [6.45, 7) is 0. The van der Waals surface area contributed by atoms with Crippen LogP contribution < -0.4 is 0 Å². The molecule has 12 heavy (non-hydrogen) atoms. The van der Waals surface area contributed by atoms with Gasteiger partial charge in [0.05, 0.1) is 6.04 Å². The third kappa shape index (κ3) is 1.31. The first-order chi connectivity index (χ1) is 5.70. The number of piperidine rings is 2. The van der Waals surface area contributed by atoms with Gasteiger partial charge in [-0.2, -0.15) is 0 Å². The van der Waals surface area contributed by atoms with E-state index in [2.05, 4.69) is 11.9 Å². The molecule has 0 unspecified atom stereocenters. The molecule has 0 aromatic heterocycles. The van der Waals surface area contributed by atoms with Gasteiger partial charge in [-0.05, 0) is 38.6 Å². The number of fused-ring (bicyclic) bond motifs is 3. The molecule has 2 bridgehead atoms. The van der Waals surface area contributed by atoms with Crippen molar-refractivity contribution in [1.29, 1.82) is 0 Å². The van der Waals surface area contributed by atoms with Crippen LogP contribution in [0.4, 0.5) is 0 Å². The monoisotopic (exact) mass is 279 g/mol. The van der Waals surface area contributed by atoms with Gasteiger partial charge in [-0.1, -0.05) is 0 Å². The quantitative estimate of drug-likeness (QED) is 0.539. The van der Waals surface area contributed by atoms with Crippen molar-refractivity contribution < 1.29 is 4.79 Å². The van der Waals surface area contributed by atoms with Crippen LogP contribution in [0.25, 0.3) is 0 Å². The molecule has 1 saturated carbocycles. The van der Waals surface area contributed by atoms with Gasteiger partial charge in [0.1, 0.15) is 0 Å². The summed E-state index contributed by atoms with van der Waals surface area (Å²) >= 11 is 1.96. The minimum atomic E-state index is 0.234. The summed E-state index contributed by atoms with van der Waals surface area (Å²) in [7, 11) is 2.11. The van der Waals surface area contributed by atoms with E-state index in [9.17, 15) is 4.79 Å². The average molecular weight is 279 g/mol. The minimum Gasteiger partial charge on any atom is -0.293 e. The number of carbonyl (C=O) groups excluding carboxylic acids is 1. The molecule has 2 nitrogen and oxygen atoms in total. The molecule has 2 aliphatic heterocycles. The molecule has 0 N–H and O–H groups in total. The first-order valence-corrected chi connectivity index (χ1v) is 5.69. The molecule has 0 aromatic rings. The molecule has 0 spiro atoms. The molecule has 2 saturated heterocycles. The molecule has 3 fully saturated rings. The second kappa shape index (κ2) is 3.25. The van der Waals surface area contributed by atoms with E-state index in [0.717, 1.165) is 0 Å². The minimum absolute atomic E-state index is 0.234. The SMILES string of the molecule is CN1[C@H]2CC[C@H](CC2)[C@H]1C(=O)I. The first kappa shape index (κ1) is 8.94. The zero-order chi connectivity index (χ0) is 8.72. The van der Waals surface area contributed by atoms with Crippen LogP contribution in [0.5, 0.6) is 0 Å². The van der Waals surface area contributed by atoms with Gasteiger partial charge in [-0.3, -0.25) is 9.69 Å². The fourth-order valence-electron chi connectivity index (χ4n) is 2.73. The highest BCUT2D eigenvalue weighted by molar-refractivity contribution is 14.1. The lowest BCUT2D eigenvalue weighted by atomic mass is 9.75. The number of hydrogen-bond acceptors (Lipinski definition) is 2. The number of hydrogen-bond donors (Lipinski definition) is 0. The summed E-state index contributed by atoms with van der Waals surface area (Å²) in [5, 5.41) is 0. The second-order valence-corrected chi connectivity index (χ2v) is 5.05. The van der Waals surface area contributed by atoms with Crippen molar-refractivity contribution in [2.75, 3.05) is 7.05 Å². The van der Waals surface area contributed by atoms with Gasteiger partial charge < -0.3 is 0 Å². The van der Waals surface area contributed by atoms with Gasteiger partial charge in [0, 0.05) is 28.6 Å². The number of carbonyl (C=O) groups is 1. The smallest absolute Gasteiger partial charge is 0.209 e. The lowest BCUT2D eigenvalue weighted by molar-refractivity contribution is -0.120. The Hall–Kier alpha value is 0.360. The fourth-order valence-corrected chi connectivity index (χ4v) is 3.68. The van der Waals surface area contributed by atoms with Crippen LogP contribution in [0.3, 0.4) is 0 Å². The Bertz CT molecular complexity index is 197. The Morgan fingerprint density at radius 3 is 2.25 bits per heavy atom. The number of likely N-dealkylation sites (N-methyl/N-ethyl adjacent to an activating group) is 1. The van der Waals surface area contributed by atoms with Crippen LogP contribution in [-0.2, 0) is 4.79 Å². The van der Waals surface area contributed by atoms with Crippen molar-refractivity contribution >= 4 is 26.4 Å². The van der Waals surface area contributed by atoms with Crippen molar-refractivity contribution in [2.45, 2.75) is 37.8 Å². The Balaban J connectivity index is 2.18. The summed E-state index contributed by atoms with van der Waals surface area (Å²) in [5.74, 6) is 0.657. The van der Waals surface area contributed by atoms with E-state index in [1.807, 2.05) is 22.6 Å². The second-order valence-electron chi connectivity index (χ2n) is 3.98. The first-order valence-electron chi connectivity index (χ1n) is 4.61. The molecule has 0 radical (unpaired) electrons. The van der Waals surface area contributed by atoms with Gasteiger partial charge in [-0.25, -0.2) is 0 Å². The Labute approximate surface area is 86.8 Å². The normalized spacial score (nSPS) is 41.7. The van der Waals surface area contributed by atoms with Gasteiger partial charge in [-0.15, -0.1) is 0 Å². The highest BCUT2D eigenvalue weighted by Crippen LogP contribution is 2.39. The Morgan fingerprint density at radius 2 is 1.92 bits per heavy atom. The molecule has 3 rings (SSSR count). The topological polar surface area (TPSA) is 20.3 Å². The van der Waals surface area contributed by atoms with Gasteiger partial charge in [0.2, 0.25) is 3.79 Å². The highest BCUT2D eigenvalue weighted by atomic mass is 127. The molecule has 0 aromatic carbocycles. The lowest BCUT2D eigenvalue weighted by Gasteiger charge is -2.48. The summed E-state index contributed by atoms with van der Waals surface area (Å²) < 4.78 is 0.338. The van der Waals surface area contributed by atoms with Crippen molar-refractivity contribution in [3.8, 4) is 0 Å². The summed E-state index contributed by atoms with van der Waals surface area (Å²) in [6, 6.07) is 0.928.